The monoisotopic (exact) mass is 225 g/mol. The van der Waals surface area contributed by atoms with E-state index in [9.17, 15) is 9.60 Å². The zero-order valence-corrected chi connectivity index (χ0v) is 8.54. The summed E-state index contributed by atoms with van der Waals surface area (Å²) >= 11 is 0. The molecule has 0 aliphatic rings. The normalized spacial score (nSPS) is 13.4. The Morgan fingerprint density at radius 3 is 2.62 bits per heavy atom. The summed E-state index contributed by atoms with van der Waals surface area (Å²) in [6, 6.07) is 5.45. The highest BCUT2D eigenvalue weighted by Gasteiger charge is 2.13. The van der Waals surface area contributed by atoms with Crippen LogP contribution >= 0.6 is 0 Å². The molecule has 0 aliphatic carbocycles. The van der Waals surface area contributed by atoms with Gasteiger partial charge in [0.05, 0.1) is 6.61 Å². The molecule has 1 aromatic rings. The molecular weight excluding hydrogens is 213 g/mol. The van der Waals surface area contributed by atoms with Crippen molar-refractivity contribution in [1.29, 1.82) is 0 Å². The van der Waals surface area contributed by atoms with Gasteiger partial charge in [-0.05, 0) is 17.7 Å². The fourth-order valence-electron chi connectivity index (χ4n) is 1.17. The molecule has 0 heterocycles. The van der Waals surface area contributed by atoms with Crippen molar-refractivity contribution in [2.45, 2.75) is 6.10 Å². The van der Waals surface area contributed by atoms with Crippen LogP contribution in [0.4, 0.5) is 4.39 Å². The largest absolute Gasteiger partial charge is 0.418 e. The molecule has 16 heavy (non-hydrogen) atoms. The van der Waals surface area contributed by atoms with Gasteiger partial charge in [0.15, 0.2) is 6.10 Å². The minimum atomic E-state index is -0.735. The average molecular weight is 225 g/mol. The maximum absolute atomic E-state index is 12.7. The topological polar surface area (TPSA) is 55.5 Å². The minimum Gasteiger partial charge on any atom is -0.418 e. The zero-order valence-electron chi connectivity index (χ0n) is 8.54. The highest BCUT2D eigenvalue weighted by atomic mass is 19.1. The fraction of sp³-hybridized carbons (Fsp3) is 0.182. The Kier molecular flexibility index (Phi) is 4.47. The number of hydrogen-bond acceptors (Lipinski definition) is 3. The number of benzene rings is 1. The van der Waals surface area contributed by atoms with E-state index in [4.69, 9.17) is 9.94 Å². The standard InChI is InChI=1S/C11H12FNO3/c1-2-7-16-11(8-13(14)15)9-3-5-10(12)6-4-9/h2-6,8,11H,1,7H2,(H,14,15). The lowest BCUT2D eigenvalue weighted by molar-refractivity contribution is -0.724. The molecule has 0 radical (unpaired) electrons. The van der Waals surface area contributed by atoms with E-state index in [1.807, 2.05) is 0 Å². The Labute approximate surface area is 92.4 Å². The van der Waals surface area contributed by atoms with Gasteiger partial charge in [-0.15, -0.1) is 6.58 Å². The van der Waals surface area contributed by atoms with Gasteiger partial charge >= 0.3 is 0 Å². The first-order valence-electron chi connectivity index (χ1n) is 4.61. The smallest absolute Gasteiger partial charge is 0.242 e. The maximum Gasteiger partial charge on any atom is 0.242 e. The van der Waals surface area contributed by atoms with Gasteiger partial charge in [0.2, 0.25) is 6.21 Å². The summed E-state index contributed by atoms with van der Waals surface area (Å²) in [7, 11) is 0. The Morgan fingerprint density at radius 1 is 1.50 bits per heavy atom. The SMILES string of the molecule is C=CCOC(/C=[N+](\[O-])O)c1ccc(F)cc1. The molecule has 0 aromatic heterocycles. The zero-order chi connectivity index (χ0) is 12.0. The van der Waals surface area contributed by atoms with Gasteiger partial charge in [0.25, 0.3) is 0 Å². The quantitative estimate of drug-likeness (QED) is 0.274. The Balaban J connectivity index is 2.86. The van der Waals surface area contributed by atoms with Crippen LogP contribution in [0.5, 0.6) is 0 Å². The first-order chi connectivity index (χ1) is 7.63. The van der Waals surface area contributed by atoms with Crippen LogP contribution in [0.25, 0.3) is 0 Å². The molecule has 5 heteroatoms. The van der Waals surface area contributed by atoms with Crippen LogP contribution in [-0.4, -0.2) is 22.9 Å². The van der Waals surface area contributed by atoms with Crippen molar-refractivity contribution in [3.63, 3.8) is 0 Å². The first kappa shape index (κ1) is 12.2. The van der Waals surface area contributed by atoms with Crippen molar-refractivity contribution in [2.75, 3.05) is 6.61 Å². The van der Waals surface area contributed by atoms with E-state index in [1.165, 1.54) is 30.3 Å². The molecule has 1 rings (SSSR count). The van der Waals surface area contributed by atoms with Crippen LogP contribution in [0.1, 0.15) is 11.7 Å². The molecule has 0 saturated heterocycles. The third-order valence-corrected chi connectivity index (χ3v) is 1.86. The van der Waals surface area contributed by atoms with Gasteiger partial charge < -0.3 is 9.94 Å². The van der Waals surface area contributed by atoms with E-state index in [2.05, 4.69) is 6.58 Å². The van der Waals surface area contributed by atoms with Crippen LogP contribution in [0.15, 0.2) is 36.9 Å². The number of rotatable bonds is 5. The van der Waals surface area contributed by atoms with E-state index in [-0.39, 0.29) is 17.3 Å². The third kappa shape index (κ3) is 3.70. The summed E-state index contributed by atoms with van der Waals surface area (Å²) < 4.78 is 17.9. The third-order valence-electron chi connectivity index (χ3n) is 1.86. The van der Waals surface area contributed by atoms with E-state index < -0.39 is 6.10 Å². The minimum absolute atomic E-state index is 0.215. The maximum atomic E-state index is 12.7. The second-order valence-corrected chi connectivity index (χ2v) is 3.05. The number of halogens is 1. The molecule has 1 unspecified atom stereocenters. The molecule has 0 bridgehead atoms. The van der Waals surface area contributed by atoms with E-state index >= 15 is 0 Å². The highest BCUT2D eigenvalue weighted by Crippen LogP contribution is 2.15. The van der Waals surface area contributed by atoms with Gasteiger partial charge in [-0.3, -0.25) is 5.21 Å². The van der Waals surface area contributed by atoms with Crippen molar-refractivity contribution in [3.05, 3.63) is 53.5 Å². The van der Waals surface area contributed by atoms with Gasteiger partial charge in [-0.25, -0.2) is 4.39 Å². The molecule has 0 aliphatic heterocycles. The molecule has 1 aromatic carbocycles. The lowest BCUT2D eigenvalue weighted by atomic mass is 10.1. The molecule has 4 nitrogen and oxygen atoms in total. The molecule has 86 valence electrons. The molecule has 0 amide bonds. The molecule has 0 fully saturated rings. The molecule has 1 N–H and O–H groups in total. The van der Waals surface area contributed by atoms with Gasteiger partial charge in [-0.2, -0.15) is 0 Å². The van der Waals surface area contributed by atoms with Crippen molar-refractivity contribution in [2.24, 2.45) is 0 Å². The van der Waals surface area contributed by atoms with E-state index in [1.54, 1.807) is 0 Å². The summed E-state index contributed by atoms with van der Waals surface area (Å²) in [6.07, 6.45) is 1.70. The Hall–Kier alpha value is -1.88. The summed E-state index contributed by atoms with van der Waals surface area (Å²) in [4.78, 5) is -0.336. The van der Waals surface area contributed by atoms with Gasteiger partial charge in [0.1, 0.15) is 5.82 Å². The molecule has 1 atom stereocenters. The van der Waals surface area contributed by atoms with E-state index in [0.29, 0.717) is 5.56 Å². The van der Waals surface area contributed by atoms with Crippen LogP contribution < -0.4 is 0 Å². The number of hydrogen-bond donors (Lipinski definition) is 1. The highest BCUT2D eigenvalue weighted by molar-refractivity contribution is 5.61. The number of nitrogens with zero attached hydrogens (tertiary/aromatic N) is 1. The Morgan fingerprint density at radius 2 is 2.12 bits per heavy atom. The lowest BCUT2D eigenvalue weighted by Crippen LogP contribution is -2.12. The van der Waals surface area contributed by atoms with Crippen molar-refractivity contribution < 1.29 is 19.2 Å². The first-order valence-corrected chi connectivity index (χ1v) is 4.61. The summed E-state index contributed by atoms with van der Waals surface area (Å²) in [5.41, 5.74) is 0.568. The van der Waals surface area contributed by atoms with Crippen LogP contribution in [0, 0.1) is 11.0 Å². The van der Waals surface area contributed by atoms with Crippen LogP contribution in [0.2, 0.25) is 0 Å². The van der Waals surface area contributed by atoms with Crippen molar-refractivity contribution in [3.8, 4) is 0 Å². The van der Waals surface area contributed by atoms with Gasteiger partial charge in [0, 0.05) is 4.90 Å². The van der Waals surface area contributed by atoms with Crippen molar-refractivity contribution >= 4 is 6.21 Å². The van der Waals surface area contributed by atoms with Crippen LogP contribution in [-0.2, 0) is 4.74 Å². The predicted molar refractivity (Wildman–Crippen MR) is 56.8 cm³/mol. The number of ether oxygens (including phenoxy) is 1. The molecular formula is C11H12FNO3. The predicted octanol–water partition coefficient (Wildman–Crippen LogP) is 2.04. The summed E-state index contributed by atoms with van der Waals surface area (Å²) in [6.45, 7) is 3.68. The van der Waals surface area contributed by atoms with Crippen molar-refractivity contribution in [1.82, 2.24) is 0 Å². The fourth-order valence-corrected chi connectivity index (χ4v) is 1.17. The summed E-state index contributed by atoms with van der Waals surface area (Å²) in [5, 5.41) is 19.1. The second-order valence-electron chi connectivity index (χ2n) is 3.05. The van der Waals surface area contributed by atoms with E-state index in [0.717, 1.165) is 6.21 Å². The molecule has 0 saturated carbocycles. The van der Waals surface area contributed by atoms with Crippen LogP contribution in [0.3, 0.4) is 0 Å². The van der Waals surface area contributed by atoms with Gasteiger partial charge in [-0.1, -0.05) is 18.2 Å². The molecule has 0 spiro atoms. The summed E-state index contributed by atoms with van der Waals surface area (Å²) in [5.74, 6) is -0.380. The average Bonchev–Trinajstić information content (AvgIpc) is 2.25. The second kappa shape index (κ2) is 5.87. The Bertz CT molecular complexity index is 371. The lowest BCUT2D eigenvalue weighted by Gasteiger charge is -2.10.